The van der Waals surface area contributed by atoms with Crippen LogP contribution in [0.2, 0.25) is 5.02 Å². The molecule has 2 N–H and O–H groups in total. The van der Waals surface area contributed by atoms with Crippen molar-refractivity contribution in [2.24, 2.45) is 0 Å². The number of aryl methyl sites for hydroxylation is 1. The molecule has 0 fully saturated rings. The normalized spacial score (nSPS) is 9.73. The van der Waals surface area contributed by atoms with Crippen molar-refractivity contribution in [1.82, 2.24) is 0 Å². The Morgan fingerprint density at radius 1 is 1.45 bits per heavy atom. The van der Waals surface area contributed by atoms with Gasteiger partial charge in [-0.25, -0.2) is 0 Å². The Labute approximate surface area is 70.9 Å². The molecule has 1 rings (SSSR count). The molecule has 0 radical (unpaired) electrons. The second-order valence-corrected chi connectivity index (χ2v) is 2.78. The van der Waals surface area contributed by atoms with E-state index in [1.165, 1.54) is 0 Å². The van der Waals surface area contributed by atoms with Crippen molar-refractivity contribution in [3.63, 3.8) is 0 Å². The van der Waals surface area contributed by atoms with Crippen molar-refractivity contribution in [2.75, 3.05) is 12.8 Å². The minimum Gasteiger partial charge on any atom is -0.493 e. The van der Waals surface area contributed by atoms with Gasteiger partial charge in [-0.2, -0.15) is 0 Å². The third-order valence-corrected chi connectivity index (χ3v) is 1.70. The lowest BCUT2D eigenvalue weighted by molar-refractivity contribution is 0.417. The molecule has 0 spiro atoms. The smallest absolute Gasteiger partial charge is 0.160 e. The molecular weight excluding hydrogens is 162 g/mol. The van der Waals surface area contributed by atoms with Crippen molar-refractivity contribution >= 4 is 17.3 Å². The van der Waals surface area contributed by atoms with E-state index < -0.39 is 0 Å². The number of nitrogen functional groups attached to an aromatic ring is 1. The van der Waals surface area contributed by atoms with Crippen LogP contribution in [0.1, 0.15) is 5.56 Å². The second kappa shape index (κ2) is 3.01. The van der Waals surface area contributed by atoms with Crippen LogP contribution in [-0.2, 0) is 0 Å². The van der Waals surface area contributed by atoms with Gasteiger partial charge in [-0.3, -0.25) is 0 Å². The molecule has 60 valence electrons. The highest BCUT2D eigenvalue weighted by atomic mass is 35.5. The van der Waals surface area contributed by atoms with Crippen molar-refractivity contribution in [1.29, 1.82) is 0 Å². The van der Waals surface area contributed by atoms with E-state index in [1.54, 1.807) is 7.11 Å². The van der Waals surface area contributed by atoms with Gasteiger partial charge < -0.3 is 10.5 Å². The van der Waals surface area contributed by atoms with Gasteiger partial charge in [-0.15, -0.1) is 0 Å². The fourth-order valence-electron chi connectivity index (χ4n) is 0.971. The fraction of sp³-hybridized carbons (Fsp3) is 0.250. The number of methoxy groups -OCH3 is 1. The molecule has 0 bridgehead atoms. The van der Waals surface area contributed by atoms with Crippen LogP contribution in [0.25, 0.3) is 0 Å². The van der Waals surface area contributed by atoms with Crippen LogP contribution in [-0.4, -0.2) is 7.11 Å². The topological polar surface area (TPSA) is 35.2 Å². The summed E-state index contributed by atoms with van der Waals surface area (Å²) in [5.41, 5.74) is 7.24. The van der Waals surface area contributed by atoms with Gasteiger partial charge in [0, 0.05) is 0 Å². The molecule has 0 unspecified atom stereocenters. The average molecular weight is 172 g/mol. The Hall–Kier alpha value is -0.890. The first kappa shape index (κ1) is 8.21. The minimum atomic E-state index is 0.553. The number of ether oxygens (including phenoxy) is 1. The molecule has 0 saturated heterocycles. The number of hydrogen-bond acceptors (Lipinski definition) is 2. The molecule has 1 aromatic carbocycles. The number of hydrogen-bond donors (Lipinski definition) is 1. The van der Waals surface area contributed by atoms with E-state index in [4.69, 9.17) is 22.1 Å². The van der Waals surface area contributed by atoms with Crippen LogP contribution in [0.4, 0.5) is 5.69 Å². The van der Waals surface area contributed by atoms with Crippen LogP contribution >= 0.6 is 11.6 Å². The first-order valence-corrected chi connectivity index (χ1v) is 3.62. The quantitative estimate of drug-likeness (QED) is 0.658. The van der Waals surface area contributed by atoms with Crippen molar-refractivity contribution in [3.8, 4) is 5.75 Å². The summed E-state index contributed by atoms with van der Waals surface area (Å²) in [6, 6.07) is 3.64. The van der Waals surface area contributed by atoms with Gasteiger partial charge >= 0.3 is 0 Å². The number of anilines is 1. The Bertz CT molecular complexity index is 250. The number of benzene rings is 1. The van der Waals surface area contributed by atoms with Gasteiger partial charge in [0.15, 0.2) is 5.75 Å². The summed E-state index contributed by atoms with van der Waals surface area (Å²) in [6.45, 7) is 1.93. The van der Waals surface area contributed by atoms with E-state index in [9.17, 15) is 0 Å². The summed E-state index contributed by atoms with van der Waals surface area (Å²) < 4.78 is 4.97. The lowest BCUT2D eigenvalue weighted by atomic mass is 10.2. The molecule has 3 heteroatoms. The summed E-state index contributed by atoms with van der Waals surface area (Å²) in [7, 11) is 1.55. The standard InChI is InChI=1S/C8H10ClNO/c1-5-3-6(9)8(11-2)7(10)4-5/h3-4H,10H2,1-2H3. The zero-order chi connectivity index (χ0) is 8.43. The van der Waals surface area contributed by atoms with E-state index in [-0.39, 0.29) is 0 Å². The van der Waals surface area contributed by atoms with Gasteiger partial charge in [0.1, 0.15) is 0 Å². The molecule has 0 aromatic heterocycles. The lowest BCUT2D eigenvalue weighted by Gasteiger charge is -2.06. The molecular formula is C8H10ClNO. The number of halogens is 1. The summed E-state index contributed by atoms with van der Waals surface area (Å²) in [5.74, 6) is 0.553. The van der Waals surface area contributed by atoms with E-state index in [0.29, 0.717) is 16.5 Å². The van der Waals surface area contributed by atoms with Crippen molar-refractivity contribution in [2.45, 2.75) is 6.92 Å². The first-order valence-electron chi connectivity index (χ1n) is 3.24. The largest absolute Gasteiger partial charge is 0.493 e. The van der Waals surface area contributed by atoms with Crippen LogP contribution in [0, 0.1) is 6.92 Å². The Balaban J connectivity index is 3.25. The van der Waals surface area contributed by atoms with Crippen LogP contribution < -0.4 is 10.5 Å². The maximum atomic E-state index is 5.83. The Kier molecular flexibility index (Phi) is 2.25. The SMILES string of the molecule is COc1c(N)cc(C)cc1Cl. The maximum absolute atomic E-state index is 5.83. The molecule has 11 heavy (non-hydrogen) atoms. The highest BCUT2D eigenvalue weighted by molar-refractivity contribution is 6.32. The first-order chi connectivity index (χ1) is 5.15. The van der Waals surface area contributed by atoms with Gasteiger partial charge in [0.25, 0.3) is 0 Å². The molecule has 0 amide bonds. The van der Waals surface area contributed by atoms with Gasteiger partial charge in [-0.05, 0) is 24.6 Å². The molecule has 0 aliphatic heterocycles. The molecule has 0 saturated carbocycles. The summed E-state index contributed by atoms with van der Waals surface area (Å²) in [4.78, 5) is 0. The van der Waals surface area contributed by atoms with Crippen molar-refractivity contribution < 1.29 is 4.74 Å². The highest BCUT2D eigenvalue weighted by Crippen LogP contribution is 2.31. The van der Waals surface area contributed by atoms with Crippen molar-refractivity contribution in [3.05, 3.63) is 22.7 Å². The molecule has 0 atom stereocenters. The zero-order valence-electron chi connectivity index (χ0n) is 6.52. The van der Waals surface area contributed by atoms with E-state index in [0.717, 1.165) is 5.56 Å². The van der Waals surface area contributed by atoms with Crippen LogP contribution in [0.3, 0.4) is 0 Å². The van der Waals surface area contributed by atoms with E-state index in [2.05, 4.69) is 0 Å². The predicted molar refractivity (Wildman–Crippen MR) is 47.2 cm³/mol. The molecule has 0 heterocycles. The molecule has 0 aliphatic carbocycles. The molecule has 1 aromatic rings. The Morgan fingerprint density at radius 3 is 2.55 bits per heavy atom. The zero-order valence-corrected chi connectivity index (χ0v) is 7.27. The lowest BCUT2D eigenvalue weighted by Crippen LogP contribution is -1.93. The average Bonchev–Trinajstić information content (AvgIpc) is 1.85. The third-order valence-electron chi connectivity index (χ3n) is 1.42. The predicted octanol–water partition coefficient (Wildman–Crippen LogP) is 2.24. The fourth-order valence-corrected chi connectivity index (χ4v) is 1.33. The highest BCUT2D eigenvalue weighted by Gasteiger charge is 2.04. The maximum Gasteiger partial charge on any atom is 0.160 e. The van der Waals surface area contributed by atoms with Crippen LogP contribution in [0.5, 0.6) is 5.75 Å². The van der Waals surface area contributed by atoms with E-state index in [1.807, 2.05) is 19.1 Å². The second-order valence-electron chi connectivity index (χ2n) is 2.37. The minimum absolute atomic E-state index is 0.553. The van der Waals surface area contributed by atoms with Crippen LogP contribution in [0.15, 0.2) is 12.1 Å². The third kappa shape index (κ3) is 1.57. The summed E-state index contributed by atoms with van der Waals surface area (Å²) in [5, 5.41) is 0.560. The van der Waals surface area contributed by atoms with Gasteiger partial charge in [-0.1, -0.05) is 11.6 Å². The Morgan fingerprint density at radius 2 is 2.09 bits per heavy atom. The van der Waals surface area contributed by atoms with E-state index >= 15 is 0 Å². The molecule has 0 aliphatic rings. The summed E-state index contributed by atoms with van der Waals surface area (Å²) in [6.07, 6.45) is 0. The summed E-state index contributed by atoms with van der Waals surface area (Å²) >= 11 is 5.83. The van der Waals surface area contributed by atoms with Gasteiger partial charge in [0.2, 0.25) is 0 Å². The molecule has 2 nitrogen and oxygen atoms in total. The number of nitrogens with two attached hydrogens (primary N) is 1. The number of rotatable bonds is 1. The monoisotopic (exact) mass is 171 g/mol. The van der Waals surface area contributed by atoms with Gasteiger partial charge in [0.05, 0.1) is 17.8 Å².